The summed E-state index contributed by atoms with van der Waals surface area (Å²) in [5.74, 6) is -1.08. The van der Waals surface area contributed by atoms with Gasteiger partial charge in [0.2, 0.25) is 0 Å². The molecule has 1 saturated heterocycles. The molecule has 0 unspecified atom stereocenters. The lowest BCUT2D eigenvalue weighted by Crippen LogP contribution is -2.35. The van der Waals surface area contributed by atoms with Crippen LogP contribution in [0.15, 0.2) is 66.7 Å². The maximum atomic E-state index is 11.2. The summed E-state index contributed by atoms with van der Waals surface area (Å²) in [7, 11) is 0. The third-order valence-corrected chi connectivity index (χ3v) is 5.30. The topological polar surface area (TPSA) is 79.2 Å². The monoisotopic (exact) mass is 419 g/mol. The summed E-state index contributed by atoms with van der Waals surface area (Å²) in [6.07, 6.45) is 0. The molecule has 3 aromatic rings. The molecule has 0 aliphatic carbocycles. The third-order valence-electron chi connectivity index (χ3n) is 5.30. The Balaban J connectivity index is 1.45. The fraction of sp³-hybridized carbons (Fsp3) is 0.240. The molecule has 0 spiro atoms. The van der Waals surface area contributed by atoms with E-state index in [2.05, 4.69) is 41.3 Å². The Morgan fingerprint density at radius 1 is 0.935 bits per heavy atom. The van der Waals surface area contributed by atoms with Crippen molar-refractivity contribution in [2.24, 2.45) is 0 Å². The van der Waals surface area contributed by atoms with Crippen molar-refractivity contribution in [2.75, 3.05) is 26.3 Å². The second kappa shape index (κ2) is 9.64. The summed E-state index contributed by atoms with van der Waals surface area (Å²) >= 11 is 0. The molecule has 3 aromatic carbocycles. The zero-order valence-electron chi connectivity index (χ0n) is 17.2. The molecule has 0 radical (unpaired) electrons. The van der Waals surface area contributed by atoms with Crippen molar-refractivity contribution in [1.82, 2.24) is 4.90 Å². The first-order valence-corrected chi connectivity index (χ1v) is 10.3. The molecule has 31 heavy (non-hydrogen) atoms. The molecule has 6 heteroatoms. The quantitative estimate of drug-likeness (QED) is 0.599. The maximum Gasteiger partial charge on any atom is 0.339 e. The number of benzene rings is 3. The van der Waals surface area contributed by atoms with E-state index >= 15 is 0 Å². The summed E-state index contributed by atoms with van der Waals surface area (Å²) in [6, 6.07) is 20.9. The molecule has 6 nitrogen and oxygen atoms in total. The van der Waals surface area contributed by atoms with E-state index in [-0.39, 0.29) is 11.3 Å². The highest BCUT2D eigenvalue weighted by Crippen LogP contribution is 2.25. The van der Waals surface area contributed by atoms with Crippen molar-refractivity contribution >= 4 is 5.97 Å². The van der Waals surface area contributed by atoms with Gasteiger partial charge in [-0.15, -0.1) is 0 Å². The van der Waals surface area contributed by atoms with Gasteiger partial charge >= 0.3 is 5.97 Å². The minimum Gasteiger partial charge on any atom is -0.507 e. The van der Waals surface area contributed by atoms with Gasteiger partial charge in [-0.2, -0.15) is 0 Å². The minimum atomic E-state index is -1.19. The van der Waals surface area contributed by atoms with Crippen LogP contribution in [0.3, 0.4) is 0 Å². The molecule has 0 aromatic heterocycles. The maximum absolute atomic E-state index is 11.2. The fourth-order valence-electron chi connectivity index (χ4n) is 3.65. The summed E-state index contributed by atoms with van der Waals surface area (Å²) in [4.78, 5) is 13.6. The predicted molar refractivity (Wildman–Crippen MR) is 117 cm³/mol. The van der Waals surface area contributed by atoms with Gasteiger partial charge in [0.25, 0.3) is 0 Å². The number of hydrogen-bond acceptors (Lipinski definition) is 5. The molecule has 0 atom stereocenters. The number of nitrogens with zero attached hydrogens (tertiary/aromatic N) is 1. The second-order valence-electron chi connectivity index (χ2n) is 7.56. The van der Waals surface area contributed by atoms with Crippen LogP contribution < -0.4 is 4.74 Å². The lowest BCUT2D eigenvalue weighted by Gasteiger charge is -2.26. The zero-order valence-corrected chi connectivity index (χ0v) is 17.2. The van der Waals surface area contributed by atoms with Gasteiger partial charge < -0.3 is 19.7 Å². The van der Waals surface area contributed by atoms with Crippen molar-refractivity contribution in [1.29, 1.82) is 0 Å². The first-order valence-electron chi connectivity index (χ1n) is 10.3. The summed E-state index contributed by atoms with van der Waals surface area (Å²) in [5.41, 5.74) is 4.31. The van der Waals surface area contributed by atoms with Gasteiger partial charge in [-0.1, -0.05) is 36.4 Å². The van der Waals surface area contributed by atoms with Crippen LogP contribution in [0.25, 0.3) is 11.1 Å². The van der Waals surface area contributed by atoms with Crippen LogP contribution in [0.1, 0.15) is 21.5 Å². The highest BCUT2D eigenvalue weighted by atomic mass is 16.5. The van der Waals surface area contributed by atoms with Crippen molar-refractivity contribution in [3.8, 4) is 22.6 Å². The molecule has 1 aliphatic heterocycles. The van der Waals surface area contributed by atoms with Gasteiger partial charge in [-0.25, -0.2) is 4.79 Å². The Hall–Kier alpha value is -3.35. The number of carboxylic acid groups (broad SMARTS) is 1. The highest BCUT2D eigenvalue weighted by molar-refractivity contribution is 5.91. The van der Waals surface area contributed by atoms with Crippen LogP contribution in [0.5, 0.6) is 11.5 Å². The van der Waals surface area contributed by atoms with E-state index in [1.165, 1.54) is 17.7 Å². The number of aromatic hydroxyl groups is 1. The first kappa shape index (κ1) is 20.9. The van der Waals surface area contributed by atoms with E-state index < -0.39 is 5.97 Å². The normalized spacial score (nSPS) is 14.3. The van der Waals surface area contributed by atoms with E-state index in [0.29, 0.717) is 12.4 Å². The van der Waals surface area contributed by atoms with Crippen molar-refractivity contribution in [3.05, 3.63) is 83.4 Å². The average Bonchev–Trinajstić information content (AvgIpc) is 2.79. The van der Waals surface area contributed by atoms with Crippen molar-refractivity contribution in [3.63, 3.8) is 0 Å². The van der Waals surface area contributed by atoms with E-state index in [1.54, 1.807) is 6.07 Å². The number of aromatic carboxylic acids is 1. The Kier molecular flexibility index (Phi) is 6.50. The molecular formula is C25H25NO5. The molecule has 0 amide bonds. The van der Waals surface area contributed by atoms with Crippen LogP contribution in [0, 0.1) is 0 Å². The number of carbonyl (C=O) groups is 1. The molecule has 2 N–H and O–H groups in total. The number of carboxylic acids is 1. The molecular weight excluding hydrogens is 394 g/mol. The number of ether oxygens (including phenoxy) is 2. The number of morpholine rings is 1. The lowest BCUT2D eigenvalue weighted by molar-refractivity contribution is 0.0342. The van der Waals surface area contributed by atoms with Gasteiger partial charge in [0.1, 0.15) is 23.7 Å². The predicted octanol–water partition coefficient (Wildman–Crippen LogP) is 4.17. The van der Waals surface area contributed by atoms with Crippen LogP contribution in [-0.2, 0) is 17.9 Å². The highest BCUT2D eigenvalue weighted by Gasteiger charge is 2.12. The average molecular weight is 419 g/mol. The van der Waals surface area contributed by atoms with Crippen LogP contribution in [0.2, 0.25) is 0 Å². The second-order valence-corrected chi connectivity index (χ2v) is 7.56. The molecule has 1 heterocycles. The number of rotatable bonds is 7. The SMILES string of the molecule is O=C(O)c1cc(OCc2cccc(-c3cccc(CN4CCOCC4)c3)c2)ccc1O. The standard InChI is InChI=1S/C25H25NO5/c27-24-8-7-22(15-23(24)25(28)29)31-17-19-4-2-6-21(14-19)20-5-1-3-18(13-20)16-26-9-11-30-12-10-26/h1-8,13-15,27H,9-12,16-17H2,(H,28,29). The van der Waals surface area contributed by atoms with Gasteiger partial charge in [0, 0.05) is 19.6 Å². The molecule has 1 fully saturated rings. The molecule has 4 rings (SSSR count). The van der Waals surface area contributed by atoms with Gasteiger partial charge in [0.15, 0.2) is 0 Å². The van der Waals surface area contributed by atoms with E-state index in [0.717, 1.165) is 49.5 Å². The van der Waals surface area contributed by atoms with Gasteiger partial charge in [-0.3, -0.25) is 4.90 Å². The molecule has 1 aliphatic rings. The molecule has 0 bridgehead atoms. The summed E-state index contributed by atoms with van der Waals surface area (Å²) < 4.78 is 11.2. The Morgan fingerprint density at radius 2 is 1.61 bits per heavy atom. The number of hydrogen-bond donors (Lipinski definition) is 2. The summed E-state index contributed by atoms with van der Waals surface area (Å²) in [5, 5.41) is 18.8. The number of phenols is 1. The Morgan fingerprint density at radius 3 is 2.32 bits per heavy atom. The zero-order chi connectivity index (χ0) is 21.6. The first-order chi connectivity index (χ1) is 15.1. The van der Waals surface area contributed by atoms with Crippen molar-refractivity contribution in [2.45, 2.75) is 13.2 Å². The van der Waals surface area contributed by atoms with Gasteiger partial charge in [-0.05, 0) is 52.6 Å². The van der Waals surface area contributed by atoms with Crippen LogP contribution in [-0.4, -0.2) is 47.4 Å². The largest absolute Gasteiger partial charge is 0.507 e. The van der Waals surface area contributed by atoms with E-state index in [9.17, 15) is 9.90 Å². The van der Waals surface area contributed by atoms with Crippen LogP contribution >= 0.6 is 0 Å². The Bertz CT molecular complexity index is 1060. The Labute approximate surface area is 181 Å². The van der Waals surface area contributed by atoms with E-state index in [1.807, 2.05) is 12.1 Å². The van der Waals surface area contributed by atoms with Crippen LogP contribution in [0.4, 0.5) is 0 Å². The van der Waals surface area contributed by atoms with Crippen molar-refractivity contribution < 1.29 is 24.5 Å². The molecule has 0 saturated carbocycles. The smallest absolute Gasteiger partial charge is 0.339 e. The lowest BCUT2D eigenvalue weighted by atomic mass is 10.0. The fourth-order valence-corrected chi connectivity index (χ4v) is 3.65. The summed E-state index contributed by atoms with van der Waals surface area (Å²) in [6.45, 7) is 4.70. The molecule has 160 valence electrons. The minimum absolute atomic E-state index is 0.177. The van der Waals surface area contributed by atoms with E-state index in [4.69, 9.17) is 14.6 Å². The van der Waals surface area contributed by atoms with Gasteiger partial charge in [0.05, 0.1) is 13.2 Å². The third kappa shape index (κ3) is 5.42.